The van der Waals surface area contributed by atoms with Gasteiger partial charge in [0.1, 0.15) is 0 Å². The van der Waals surface area contributed by atoms with Crippen LogP contribution < -0.4 is 11.1 Å². The summed E-state index contributed by atoms with van der Waals surface area (Å²) in [6, 6.07) is 7.14. The summed E-state index contributed by atoms with van der Waals surface area (Å²) in [6.07, 6.45) is 1.43. The topological polar surface area (TPSA) is 105 Å². The van der Waals surface area contributed by atoms with E-state index in [0.29, 0.717) is 0 Å². The van der Waals surface area contributed by atoms with Crippen molar-refractivity contribution >= 4 is 34.9 Å². The predicted molar refractivity (Wildman–Crippen MR) is 75.0 cm³/mol. The van der Waals surface area contributed by atoms with Crippen LogP contribution in [0.1, 0.15) is 20.8 Å². The van der Waals surface area contributed by atoms with Gasteiger partial charge in [0.2, 0.25) is 0 Å². The number of amides is 1. The molecule has 0 spiro atoms. The first-order valence-electron chi connectivity index (χ1n) is 5.53. The quantitative estimate of drug-likeness (QED) is 0.804. The molecule has 1 heterocycles. The highest BCUT2D eigenvalue weighted by molar-refractivity contribution is 6.34. The van der Waals surface area contributed by atoms with Gasteiger partial charge in [0.25, 0.3) is 5.91 Å². The second-order valence-electron chi connectivity index (χ2n) is 3.90. The number of hydrogen-bond acceptors (Lipinski definition) is 4. The molecule has 0 saturated carbocycles. The molecule has 2 aromatic rings. The van der Waals surface area contributed by atoms with Crippen molar-refractivity contribution in [1.82, 2.24) is 4.98 Å². The fourth-order valence-corrected chi connectivity index (χ4v) is 1.71. The average molecular weight is 292 g/mol. The zero-order valence-electron chi connectivity index (χ0n) is 10.1. The second-order valence-corrected chi connectivity index (χ2v) is 4.30. The van der Waals surface area contributed by atoms with Gasteiger partial charge in [-0.25, -0.2) is 9.78 Å². The second kappa shape index (κ2) is 5.58. The molecule has 4 N–H and O–H groups in total. The van der Waals surface area contributed by atoms with Crippen LogP contribution >= 0.6 is 11.6 Å². The van der Waals surface area contributed by atoms with Crippen molar-refractivity contribution in [2.24, 2.45) is 0 Å². The van der Waals surface area contributed by atoms with Gasteiger partial charge < -0.3 is 16.2 Å². The third-order valence-corrected chi connectivity index (χ3v) is 2.85. The van der Waals surface area contributed by atoms with E-state index < -0.39 is 11.9 Å². The summed E-state index contributed by atoms with van der Waals surface area (Å²) < 4.78 is 0. The van der Waals surface area contributed by atoms with Crippen molar-refractivity contribution in [3.05, 3.63) is 52.8 Å². The Morgan fingerprint density at radius 2 is 2.05 bits per heavy atom. The van der Waals surface area contributed by atoms with E-state index in [4.69, 9.17) is 22.4 Å². The van der Waals surface area contributed by atoms with Crippen molar-refractivity contribution in [2.75, 3.05) is 11.1 Å². The molecule has 102 valence electrons. The first-order valence-corrected chi connectivity index (χ1v) is 5.91. The monoisotopic (exact) mass is 291 g/mol. The first-order chi connectivity index (χ1) is 9.49. The maximum atomic E-state index is 12.0. The Balaban J connectivity index is 2.30. The normalized spacial score (nSPS) is 10.1. The SMILES string of the molecule is Nc1cccnc1C(=O)Nc1cc(C(=O)O)ccc1Cl. The van der Waals surface area contributed by atoms with E-state index in [1.807, 2.05) is 0 Å². The van der Waals surface area contributed by atoms with Crippen LogP contribution in [0.2, 0.25) is 5.02 Å². The number of nitrogen functional groups attached to an aromatic ring is 1. The molecule has 0 bridgehead atoms. The van der Waals surface area contributed by atoms with Crippen molar-refractivity contribution in [3.63, 3.8) is 0 Å². The molecular formula is C13H10ClN3O3. The molecule has 0 aliphatic rings. The van der Waals surface area contributed by atoms with Crippen molar-refractivity contribution in [3.8, 4) is 0 Å². The lowest BCUT2D eigenvalue weighted by Crippen LogP contribution is -2.16. The minimum absolute atomic E-state index is 0.0127. The standard InChI is InChI=1S/C13H10ClN3O3/c14-8-4-3-7(13(19)20)6-10(8)17-12(18)11-9(15)2-1-5-16-11/h1-6H,15H2,(H,17,18)(H,19,20). The smallest absolute Gasteiger partial charge is 0.335 e. The highest BCUT2D eigenvalue weighted by atomic mass is 35.5. The van der Waals surface area contributed by atoms with Crippen LogP contribution in [-0.4, -0.2) is 22.0 Å². The van der Waals surface area contributed by atoms with Crippen molar-refractivity contribution in [1.29, 1.82) is 0 Å². The summed E-state index contributed by atoms with van der Waals surface area (Å²) >= 11 is 5.91. The highest BCUT2D eigenvalue weighted by Crippen LogP contribution is 2.24. The number of carboxylic acids is 1. The molecule has 0 unspecified atom stereocenters. The number of hydrogen-bond donors (Lipinski definition) is 3. The third-order valence-electron chi connectivity index (χ3n) is 2.52. The molecule has 1 aromatic carbocycles. The van der Waals surface area contributed by atoms with Gasteiger partial charge in [-0.15, -0.1) is 0 Å². The Morgan fingerprint density at radius 1 is 1.30 bits per heavy atom. The summed E-state index contributed by atoms with van der Waals surface area (Å²) in [6.45, 7) is 0. The summed E-state index contributed by atoms with van der Waals surface area (Å²) in [5.41, 5.74) is 6.10. The molecule has 7 heteroatoms. The van der Waals surface area contributed by atoms with Crippen LogP contribution in [-0.2, 0) is 0 Å². The van der Waals surface area contributed by atoms with Gasteiger partial charge in [0, 0.05) is 6.20 Å². The van der Waals surface area contributed by atoms with Gasteiger partial charge >= 0.3 is 5.97 Å². The number of nitrogens with one attached hydrogen (secondary N) is 1. The van der Waals surface area contributed by atoms with Crippen LogP contribution in [0, 0.1) is 0 Å². The largest absolute Gasteiger partial charge is 0.478 e. The molecule has 0 aliphatic carbocycles. The minimum atomic E-state index is -1.12. The van der Waals surface area contributed by atoms with E-state index in [1.54, 1.807) is 6.07 Å². The van der Waals surface area contributed by atoms with Crippen LogP contribution in [0.25, 0.3) is 0 Å². The van der Waals surface area contributed by atoms with Gasteiger partial charge in [-0.1, -0.05) is 11.6 Å². The number of benzene rings is 1. The number of carbonyl (C=O) groups excluding carboxylic acids is 1. The molecule has 2 rings (SSSR count). The fourth-order valence-electron chi connectivity index (χ4n) is 1.54. The van der Waals surface area contributed by atoms with E-state index in [-0.39, 0.29) is 27.7 Å². The van der Waals surface area contributed by atoms with Gasteiger partial charge in [0.15, 0.2) is 5.69 Å². The number of rotatable bonds is 3. The Labute approximate surface area is 119 Å². The van der Waals surface area contributed by atoms with Crippen LogP contribution in [0.5, 0.6) is 0 Å². The molecule has 20 heavy (non-hydrogen) atoms. The summed E-state index contributed by atoms with van der Waals surface area (Å²) in [5, 5.41) is 11.6. The number of aromatic carboxylic acids is 1. The Hall–Kier alpha value is -2.60. The number of pyridine rings is 1. The Bertz CT molecular complexity index is 688. The Kier molecular flexibility index (Phi) is 3.86. The lowest BCUT2D eigenvalue weighted by Gasteiger charge is -2.09. The molecule has 0 aliphatic heterocycles. The summed E-state index contributed by atoms with van der Waals surface area (Å²) in [5.74, 6) is -1.68. The number of aromatic nitrogens is 1. The van der Waals surface area contributed by atoms with Gasteiger partial charge in [-0.2, -0.15) is 0 Å². The number of nitrogens with zero attached hydrogens (tertiary/aromatic N) is 1. The van der Waals surface area contributed by atoms with Crippen LogP contribution in [0.4, 0.5) is 11.4 Å². The molecule has 0 saturated heterocycles. The molecule has 1 amide bonds. The zero-order valence-corrected chi connectivity index (χ0v) is 10.9. The van der Waals surface area contributed by atoms with E-state index in [1.165, 1.54) is 30.5 Å². The number of carboxylic acid groups (broad SMARTS) is 1. The van der Waals surface area contributed by atoms with E-state index in [9.17, 15) is 9.59 Å². The number of carbonyl (C=O) groups is 2. The fraction of sp³-hybridized carbons (Fsp3) is 0. The number of anilines is 2. The molecular weight excluding hydrogens is 282 g/mol. The summed E-state index contributed by atoms with van der Waals surface area (Å²) in [7, 11) is 0. The maximum Gasteiger partial charge on any atom is 0.335 e. The lowest BCUT2D eigenvalue weighted by atomic mass is 10.2. The van der Waals surface area contributed by atoms with Gasteiger partial charge in [-0.05, 0) is 30.3 Å². The van der Waals surface area contributed by atoms with E-state index >= 15 is 0 Å². The molecule has 0 radical (unpaired) electrons. The van der Waals surface area contributed by atoms with Crippen molar-refractivity contribution in [2.45, 2.75) is 0 Å². The minimum Gasteiger partial charge on any atom is -0.478 e. The van der Waals surface area contributed by atoms with Crippen LogP contribution in [0.15, 0.2) is 36.5 Å². The predicted octanol–water partition coefficient (Wildman–Crippen LogP) is 2.27. The zero-order chi connectivity index (χ0) is 14.7. The van der Waals surface area contributed by atoms with E-state index in [2.05, 4.69) is 10.3 Å². The maximum absolute atomic E-state index is 12.0. The lowest BCUT2D eigenvalue weighted by molar-refractivity contribution is 0.0696. The number of nitrogens with two attached hydrogens (primary N) is 1. The van der Waals surface area contributed by atoms with Gasteiger partial charge in [0.05, 0.1) is 22.0 Å². The average Bonchev–Trinajstić information content (AvgIpc) is 2.41. The molecule has 1 aromatic heterocycles. The Morgan fingerprint density at radius 3 is 2.70 bits per heavy atom. The third kappa shape index (κ3) is 2.86. The van der Waals surface area contributed by atoms with Crippen LogP contribution in [0.3, 0.4) is 0 Å². The highest BCUT2D eigenvalue weighted by Gasteiger charge is 2.14. The molecule has 0 fully saturated rings. The van der Waals surface area contributed by atoms with Gasteiger partial charge in [-0.3, -0.25) is 4.79 Å². The molecule has 0 atom stereocenters. The van der Waals surface area contributed by atoms with E-state index in [0.717, 1.165) is 0 Å². The number of halogens is 1. The van der Waals surface area contributed by atoms with Crippen molar-refractivity contribution < 1.29 is 14.7 Å². The first kappa shape index (κ1) is 13.8. The molecule has 6 nitrogen and oxygen atoms in total. The summed E-state index contributed by atoms with van der Waals surface area (Å²) in [4.78, 5) is 26.8.